The number of anilines is 1. The number of para-hydroxylation sites is 1. The quantitative estimate of drug-likeness (QED) is 0.865. The molecule has 4 nitrogen and oxygen atoms in total. The molecule has 2 amide bonds. The predicted octanol–water partition coefficient (Wildman–Crippen LogP) is 4.27. The van der Waals surface area contributed by atoms with Crippen LogP contribution in [0.3, 0.4) is 0 Å². The van der Waals surface area contributed by atoms with Gasteiger partial charge in [0.2, 0.25) is 0 Å². The van der Waals surface area contributed by atoms with Crippen LogP contribution in [0, 0.1) is 0 Å². The number of hydrogen-bond donors (Lipinski definition) is 2. The first-order valence-electron chi connectivity index (χ1n) is 7.59. The minimum Gasteiger partial charge on any atom is -0.381 e. The molecule has 1 saturated heterocycles. The summed E-state index contributed by atoms with van der Waals surface area (Å²) in [6.07, 6.45) is 1.83. The van der Waals surface area contributed by atoms with Crippen molar-refractivity contribution in [3.05, 3.63) is 51.7 Å². The molecule has 2 heterocycles. The van der Waals surface area contributed by atoms with Crippen LogP contribution in [0.4, 0.5) is 10.5 Å². The van der Waals surface area contributed by atoms with Crippen LogP contribution in [-0.4, -0.2) is 25.8 Å². The Balaban J connectivity index is 1.65. The lowest BCUT2D eigenvalue weighted by Crippen LogP contribution is -2.45. The summed E-state index contributed by atoms with van der Waals surface area (Å²) < 4.78 is 5.50. The van der Waals surface area contributed by atoms with E-state index in [0.717, 1.165) is 26.1 Å². The van der Waals surface area contributed by atoms with Crippen LogP contribution >= 0.6 is 22.9 Å². The lowest BCUT2D eigenvalue weighted by Gasteiger charge is -2.37. The molecule has 3 rings (SSSR count). The molecule has 0 saturated carbocycles. The van der Waals surface area contributed by atoms with Gasteiger partial charge in [-0.15, -0.1) is 0 Å². The molecule has 1 aromatic heterocycles. The first kappa shape index (κ1) is 16.3. The Labute approximate surface area is 144 Å². The molecule has 2 N–H and O–H groups in total. The number of ether oxygens (including phenoxy) is 1. The van der Waals surface area contributed by atoms with Crippen LogP contribution in [-0.2, 0) is 10.2 Å². The Hall–Kier alpha value is -1.56. The molecule has 1 fully saturated rings. The van der Waals surface area contributed by atoms with Crippen LogP contribution in [0.2, 0.25) is 5.02 Å². The van der Waals surface area contributed by atoms with Gasteiger partial charge in [0.25, 0.3) is 0 Å². The van der Waals surface area contributed by atoms with Gasteiger partial charge >= 0.3 is 6.03 Å². The number of halogens is 1. The molecule has 6 heteroatoms. The minimum atomic E-state index is -0.237. The van der Waals surface area contributed by atoms with E-state index in [2.05, 4.69) is 27.5 Å². The monoisotopic (exact) mass is 350 g/mol. The number of urea groups is 1. The van der Waals surface area contributed by atoms with Crippen molar-refractivity contribution in [3.8, 4) is 0 Å². The lowest BCUT2D eigenvalue weighted by molar-refractivity contribution is 0.0510. The number of thiophene rings is 1. The number of amides is 2. The molecule has 0 radical (unpaired) electrons. The molecular weight excluding hydrogens is 332 g/mol. The number of benzene rings is 1. The van der Waals surface area contributed by atoms with Crippen LogP contribution in [0.5, 0.6) is 0 Å². The maximum atomic E-state index is 12.2. The number of rotatable bonds is 4. The van der Waals surface area contributed by atoms with Gasteiger partial charge in [0, 0.05) is 25.2 Å². The van der Waals surface area contributed by atoms with E-state index >= 15 is 0 Å². The summed E-state index contributed by atoms with van der Waals surface area (Å²) in [6, 6.07) is 9.11. The van der Waals surface area contributed by atoms with Gasteiger partial charge < -0.3 is 15.4 Å². The van der Waals surface area contributed by atoms with Gasteiger partial charge in [-0.1, -0.05) is 23.7 Å². The third-order valence-corrected chi connectivity index (χ3v) is 5.31. The fourth-order valence-electron chi connectivity index (χ4n) is 2.87. The van der Waals surface area contributed by atoms with Gasteiger partial charge in [-0.25, -0.2) is 4.79 Å². The van der Waals surface area contributed by atoms with Crippen molar-refractivity contribution in [1.29, 1.82) is 0 Å². The van der Waals surface area contributed by atoms with E-state index < -0.39 is 0 Å². The van der Waals surface area contributed by atoms with Crippen LogP contribution in [0.25, 0.3) is 0 Å². The first-order chi connectivity index (χ1) is 11.2. The van der Waals surface area contributed by atoms with Crippen molar-refractivity contribution in [2.75, 3.05) is 25.1 Å². The highest BCUT2D eigenvalue weighted by atomic mass is 35.5. The summed E-state index contributed by atoms with van der Waals surface area (Å²) in [4.78, 5) is 12.2. The van der Waals surface area contributed by atoms with Gasteiger partial charge in [0.15, 0.2) is 0 Å². The summed E-state index contributed by atoms with van der Waals surface area (Å²) in [7, 11) is 0. The third kappa shape index (κ3) is 3.86. The Morgan fingerprint density at radius 3 is 2.74 bits per heavy atom. The van der Waals surface area contributed by atoms with Crippen LogP contribution in [0.1, 0.15) is 18.4 Å². The molecule has 0 atom stereocenters. The van der Waals surface area contributed by atoms with Crippen molar-refractivity contribution >= 4 is 34.7 Å². The number of carbonyl (C=O) groups excluding carboxylic acids is 1. The van der Waals surface area contributed by atoms with E-state index in [1.165, 1.54) is 5.56 Å². The summed E-state index contributed by atoms with van der Waals surface area (Å²) in [5, 5.41) is 10.6. The third-order valence-electron chi connectivity index (χ3n) is 4.29. The number of nitrogens with one attached hydrogen (secondary N) is 2. The average Bonchev–Trinajstić information content (AvgIpc) is 3.11. The van der Waals surface area contributed by atoms with Gasteiger partial charge in [-0.3, -0.25) is 0 Å². The normalized spacial score (nSPS) is 16.7. The van der Waals surface area contributed by atoms with Crippen molar-refractivity contribution in [3.63, 3.8) is 0 Å². The van der Waals surface area contributed by atoms with E-state index in [1.807, 2.05) is 12.1 Å². The van der Waals surface area contributed by atoms with Crippen molar-refractivity contribution in [2.24, 2.45) is 0 Å². The lowest BCUT2D eigenvalue weighted by atomic mass is 9.75. The molecule has 122 valence electrons. The van der Waals surface area contributed by atoms with Gasteiger partial charge in [-0.05, 0) is 47.4 Å². The van der Waals surface area contributed by atoms with Gasteiger partial charge in [0.1, 0.15) is 0 Å². The molecule has 0 bridgehead atoms. The number of hydrogen-bond acceptors (Lipinski definition) is 3. The Morgan fingerprint density at radius 2 is 2.04 bits per heavy atom. The maximum Gasteiger partial charge on any atom is 0.319 e. The highest BCUT2D eigenvalue weighted by molar-refractivity contribution is 7.08. The highest BCUT2D eigenvalue weighted by Crippen LogP contribution is 2.35. The summed E-state index contributed by atoms with van der Waals surface area (Å²) in [6.45, 7) is 2.04. The first-order valence-corrected chi connectivity index (χ1v) is 8.91. The zero-order chi connectivity index (χ0) is 16.1. The molecule has 23 heavy (non-hydrogen) atoms. The number of carbonyl (C=O) groups is 1. The van der Waals surface area contributed by atoms with Crippen molar-refractivity contribution in [1.82, 2.24) is 5.32 Å². The molecule has 0 spiro atoms. The van der Waals surface area contributed by atoms with Crippen molar-refractivity contribution in [2.45, 2.75) is 18.3 Å². The standard InChI is InChI=1S/C17H19ClN2O2S/c18-14-3-1-2-4-15(14)20-16(21)19-12-17(6-8-22-9-7-17)13-5-10-23-11-13/h1-5,10-11H,6-9,12H2,(H2,19,20,21). The molecule has 0 aliphatic carbocycles. The molecule has 1 aromatic carbocycles. The highest BCUT2D eigenvalue weighted by Gasteiger charge is 2.35. The van der Waals surface area contributed by atoms with E-state index in [1.54, 1.807) is 23.5 Å². The van der Waals surface area contributed by atoms with Crippen LogP contribution < -0.4 is 10.6 Å². The molecular formula is C17H19ClN2O2S. The van der Waals surface area contributed by atoms with E-state index in [-0.39, 0.29) is 11.4 Å². The fourth-order valence-corrected chi connectivity index (χ4v) is 3.84. The molecule has 0 unspecified atom stereocenters. The SMILES string of the molecule is O=C(NCC1(c2ccsc2)CCOCC1)Nc1ccccc1Cl. The van der Waals surface area contributed by atoms with Crippen LogP contribution in [0.15, 0.2) is 41.1 Å². The molecule has 1 aliphatic rings. The summed E-state index contributed by atoms with van der Waals surface area (Å²) in [5.74, 6) is 0. The largest absolute Gasteiger partial charge is 0.381 e. The topological polar surface area (TPSA) is 50.4 Å². The predicted molar refractivity (Wildman–Crippen MR) is 94.5 cm³/mol. The second-order valence-electron chi connectivity index (χ2n) is 5.69. The maximum absolute atomic E-state index is 12.2. The Bertz CT molecular complexity index is 654. The van der Waals surface area contributed by atoms with E-state index in [9.17, 15) is 4.79 Å². The minimum absolute atomic E-state index is 0.0456. The zero-order valence-corrected chi connectivity index (χ0v) is 14.3. The summed E-state index contributed by atoms with van der Waals surface area (Å²) in [5.41, 5.74) is 1.85. The van der Waals surface area contributed by atoms with E-state index in [0.29, 0.717) is 17.3 Å². The smallest absolute Gasteiger partial charge is 0.319 e. The van der Waals surface area contributed by atoms with Gasteiger partial charge in [0.05, 0.1) is 10.7 Å². The second-order valence-corrected chi connectivity index (χ2v) is 6.88. The Morgan fingerprint density at radius 1 is 1.26 bits per heavy atom. The molecule has 2 aromatic rings. The zero-order valence-electron chi connectivity index (χ0n) is 12.7. The van der Waals surface area contributed by atoms with Gasteiger partial charge in [-0.2, -0.15) is 11.3 Å². The molecule has 1 aliphatic heterocycles. The average molecular weight is 351 g/mol. The summed E-state index contributed by atoms with van der Waals surface area (Å²) >= 11 is 7.75. The second kappa shape index (κ2) is 7.34. The van der Waals surface area contributed by atoms with Crippen molar-refractivity contribution < 1.29 is 9.53 Å². The fraction of sp³-hybridized carbons (Fsp3) is 0.353. The Kier molecular flexibility index (Phi) is 5.20. The van der Waals surface area contributed by atoms with E-state index in [4.69, 9.17) is 16.3 Å².